The van der Waals surface area contributed by atoms with Gasteiger partial charge < -0.3 is 0 Å². The molecule has 0 N–H and O–H groups in total. The Morgan fingerprint density at radius 2 is 1.60 bits per heavy atom. The monoisotopic (exact) mass is 200 g/mol. The lowest BCUT2D eigenvalue weighted by molar-refractivity contribution is 1.20. The molecule has 0 saturated heterocycles. The number of aryl methyl sites for hydroxylation is 1. The molecule has 0 aliphatic carbocycles. The predicted octanol–water partition coefficient (Wildman–Crippen LogP) is 3.48. The highest BCUT2D eigenvalue weighted by Crippen LogP contribution is 2.14. The third-order valence-electron chi connectivity index (χ3n) is 1.86. The number of nitrogens with zero attached hydrogens (tertiary/aromatic N) is 2. The lowest BCUT2D eigenvalue weighted by atomic mass is 10.2. The molecule has 0 saturated carbocycles. The summed E-state index contributed by atoms with van der Waals surface area (Å²) >= 11 is 0. The molecule has 2 aromatic heterocycles. The molecule has 2 nitrogen and oxygen atoms in total. The molecule has 0 bridgehead atoms. The highest BCUT2D eigenvalue weighted by Gasteiger charge is 1.96. The molecular weight excluding hydrogens is 184 g/mol. The molecule has 2 heterocycles. The number of hydrogen-bond acceptors (Lipinski definition) is 2. The highest BCUT2D eigenvalue weighted by atomic mass is 14.7. The van der Waals surface area contributed by atoms with E-state index in [4.69, 9.17) is 0 Å². The maximum absolute atomic E-state index is 4.42. The van der Waals surface area contributed by atoms with Crippen LogP contribution in [-0.4, -0.2) is 9.97 Å². The summed E-state index contributed by atoms with van der Waals surface area (Å²) in [5.41, 5.74) is 3.15. The Kier molecular flexibility index (Phi) is 4.48. The van der Waals surface area contributed by atoms with Crippen LogP contribution in [0, 0.1) is 6.92 Å². The molecule has 0 radical (unpaired) electrons. The molecule has 0 aliphatic heterocycles. The molecule has 0 amide bonds. The van der Waals surface area contributed by atoms with Gasteiger partial charge in [0.05, 0.1) is 5.69 Å². The molecule has 0 aliphatic rings. The van der Waals surface area contributed by atoms with Crippen molar-refractivity contribution in [1.82, 2.24) is 9.97 Å². The number of rotatable bonds is 1. The Hall–Kier alpha value is -1.70. The summed E-state index contributed by atoms with van der Waals surface area (Å²) in [5.74, 6) is 0. The average Bonchev–Trinajstić information content (AvgIpc) is 2.33. The van der Waals surface area contributed by atoms with Gasteiger partial charge in [0.1, 0.15) is 0 Å². The van der Waals surface area contributed by atoms with Crippen LogP contribution >= 0.6 is 0 Å². The van der Waals surface area contributed by atoms with Gasteiger partial charge >= 0.3 is 0 Å². The predicted molar refractivity (Wildman–Crippen MR) is 63.6 cm³/mol. The van der Waals surface area contributed by atoms with Gasteiger partial charge in [-0.15, -0.1) is 0 Å². The largest absolute Gasteiger partial charge is 0.265 e. The zero-order valence-electron chi connectivity index (χ0n) is 9.44. The van der Waals surface area contributed by atoms with E-state index in [1.165, 1.54) is 0 Å². The second-order valence-electron chi connectivity index (χ2n) is 2.90. The van der Waals surface area contributed by atoms with E-state index in [0.29, 0.717) is 0 Å². The number of pyridine rings is 2. The maximum atomic E-state index is 4.42. The molecule has 0 aromatic carbocycles. The molecule has 2 heteroatoms. The first kappa shape index (κ1) is 11.4. The topological polar surface area (TPSA) is 25.8 Å². The van der Waals surface area contributed by atoms with Crippen molar-refractivity contribution >= 4 is 0 Å². The Balaban J connectivity index is 0.000000531. The average molecular weight is 200 g/mol. The van der Waals surface area contributed by atoms with Gasteiger partial charge in [0, 0.05) is 23.7 Å². The van der Waals surface area contributed by atoms with Crippen LogP contribution in [0.1, 0.15) is 19.5 Å². The van der Waals surface area contributed by atoms with Gasteiger partial charge in [-0.1, -0.05) is 19.9 Å². The molecule has 0 atom stereocenters. The number of hydrogen-bond donors (Lipinski definition) is 0. The standard InChI is InChI=1S/C11H10N2.C2H6/c1-9-3-2-4-11(13-9)10-5-7-12-8-6-10;1-2/h2-8H,1H3;1-2H3. The third kappa shape index (κ3) is 3.17. The number of aromatic nitrogens is 2. The van der Waals surface area contributed by atoms with Crippen molar-refractivity contribution in [3.63, 3.8) is 0 Å². The Morgan fingerprint density at radius 1 is 0.933 bits per heavy atom. The van der Waals surface area contributed by atoms with Gasteiger partial charge in [0.25, 0.3) is 0 Å². The SMILES string of the molecule is CC.Cc1cccc(-c2ccncc2)n1. The fourth-order valence-electron chi connectivity index (χ4n) is 1.23. The molecule has 0 unspecified atom stereocenters. The van der Waals surface area contributed by atoms with E-state index in [-0.39, 0.29) is 0 Å². The normalized spacial score (nSPS) is 9.00. The van der Waals surface area contributed by atoms with Crippen molar-refractivity contribution in [2.75, 3.05) is 0 Å². The van der Waals surface area contributed by atoms with Gasteiger partial charge in [-0.05, 0) is 31.2 Å². The lowest BCUT2D eigenvalue weighted by Crippen LogP contribution is -1.85. The highest BCUT2D eigenvalue weighted by molar-refractivity contribution is 5.57. The first-order chi connectivity index (χ1) is 7.36. The zero-order chi connectivity index (χ0) is 11.1. The zero-order valence-corrected chi connectivity index (χ0v) is 9.44. The molecule has 0 spiro atoms. The van der Waals surface area contributed by atoms with E-state index in [0.717, 1.165) is 17.0 Å². The molecule has 0 fully saturated rings. The molecule has 78 valence electrons. The minimum absolute atomic E-state index is 1.00. The van der Waals surface area contributed by atoms with Gasteiger partial charge in [0.2, 0.25) is 0 Å². The van der Waals surface area contributed by atoms with E-state index < -0.39 is 0 Å². The Bertz CT molecular complexity index is 396. The van der Waals surface area contributed by atoms with Crippen LogP contribution in [0.25, 0.3) is 11.3 Å². The van der Waals surface area contributed by atoms with Gasteiger partial charge in [-0.2, -0.15) is 0 Å². The minimum atomic E-state index is 1.00. The van der Waals surface area contributed by atoms with Crippen molar-refractivity contribution in [3.8, 4) is 11.3 Å². The van der Waals surface area contributed by atoms with Crippen LogP contribution in [0.2, 0.25) is 0 Å². The van der Waals surface area contributed by atoms with E-state index in [1.807, 2.05) is 51.1 Å². The maximum Gasteiger partial charge on any atom is 0.0706 e. The summed E-state index contributed by atoms with van der Waals surface area (Å²) in [7, 11) is 0. The third-order valence-corrected chi connectivity index (χ3v) is 1.86. The summed E-state index contributed by atoms with van der Waals surface area (Å²) < 4.78 is 0. The van der Waals surface area contributed by atoms with E-state index in [9.17, 15) is 0 Å². The quantitative estimate of drug-likeness (QED) is 0.704. The van der Waals surface area contributed by atoms with Crippen molar-refractivity contribution in [1.29, 1.82) is 0 Å². The van der Waals surface area contributed by atoms with E-state index in [2.05, 4.69) is 9.97 Å². The van der Waals surface area contributed by atoms with Gasteiger partial charge in [-0.3, -0.25) is 9.97 Å². The van der Waals surface area contributed by atoms with Crippen LogP contribution in [0.15, 0.2) is 42.7 Å². The fourth-order valence-corrected chi connectivity index (χ4v) is 1.23. The fraction of sp³-hybridized carbons (Fsp3) is 0.231. The summed E-state index contributed by atoms with van der Waals surface area (Å²) in [4.78, 5) is 8.38. The van der Waals surface area contributed by atoms with Crippen LogP contribution < -0.4 is 0 Å². The van der Waals surface area contributed by atoms with Crippen molar-refractivity contribution < 1.29 is 0 Å². The minimum Gasteiger partial charge on any atom is -0.265 e. The second kappa shape index (κ2) is 5.91. The van der Waals surface area contributed by atoms with Crippen molar-refractivity contribution in [3.05, 3.63) is 48.4 Å². The summed E-state index contributed by atoms with van der Waals surface area (Å²) in [6.45, 7) is 5.99. The van der Waals surface area contributed by atoms with Crippen LogP contribution in [0.3, 0.4) is 0 Å². The molecule has 2 aromatic rings. The molecule has 15 heavy (non-hydrogen) atoms. The summed E-state index contributed by atoms with van der Waals surface area (Å²) in [6.07, 6.45) is 3.55. The Morgan fingerprint density at radius 3 is 2.20 bits per heavy atom. The first-order valence-corrected chi connectivity index (χ1v) is 5.20. The van der Waals surface area contributed by atoms with Gasteiger partial charge in [-0.25, -0.2) is 0 Å². The van der Waals surface area contributed by atoms with Crippen molar-refractivity contribution in [2.45, 2.75) is 20.8 Å². The van der Waals surface area contributed by atoms with Gasteiger partial charge in [0.15, 0.2) is 0 Å². The molecule has 2 rings (SSSR count). The lowest BCUT2D eigenvalue weighted by Gasteiger charge is -2.00. The van der Waals surface area contributed by atoms with Crippen molar-refractivity contribution in [2.24, 2.45) is 0 Å². The smallest absolute Gasteiger partial charge is 0.0706 e. The van der Waals surface area contributed by atoms with Crippen LogP contribution in [0.5, 0.6) is 0 Å². The summed E-state index contributed by atoms with van der Waals surface area (Å²) in [6, 6.07) is 9.93. The van der Waals surface area contributed by atoms with Crippen LogP contribution in [-0.2, 0) is 0 Å². The first-order valence-electron chi connectivity index (χ1n) is 5.20. The second-order valence-corrected chi connectivity index (χ2v) is 2.90. The summed E-state index contributed by atoms with van der Waals surface area (Å²) in [5, 5.41) is 0. The Labute approximate surface area is 91.0 Å². The van der Waals surface area contributed by atoms with E-state index in [1.54, 1.807) is 12.4 Å². The molecular formula is C13H16N2. The van der Waals surface area contributed by atoms with E-state index >= 15 is 0 Å². The van der Waals surface area contributed by atoms with Crippen LogP contribution in [0.4, 0.5) is 0 Å².